The van der Waals surface area contributed by atoms with E-state index < -0.39 is 0 Å². The SMILES string of the molecule is CCCCn1c(CN(Cc2ccc(Cl)c(C)c2)Cc2ccc3c(c2)OCO3)cnc1-c1ccccc1. The molecule has 2 heterocycles. The number of aromatic nitrogens is 2. The third-order valence-electron chi connectivity index (χ3n) is 6.56. The normalized spacial score (nSPS) is 12.4. The zero-order valence-corrected chi connectivity index (χ0v) is 21.7. The highest BCUT2D eigenvalue weighted by Gasteiger charge is 2.18. The zero-order chi connectivity index (χ0) is 24.9. The Balaban J connectivity index is 1.45. The van der Waals surface area contributed by atoms with Gasteiger partial charge in [-0.3, -0.25) is 4.90 Å². The van der Waals surface area contributed by atoms with Crippen molar-refractivity contribution in [3.05, 3.63) is 100 Å². The minimum absolute atomic E-state index is 0.283. The Morgan fingerprint density at radius 2 is 1.67 bits per heavy atom. The van der Waals surface area contributed by atoms with Gasteiger partial charge in [0.15, 0.2) is 11.5 Å². The van der Waals surface area contributed by atoms with Crippen molar-refractivity contribution in [1.82, 2.24) is 14.5 Å². The van der Waals surface area contributed by atoms with E-state index in [1.165, 1.54) is 16.8 Å². The summed E-state index contributed by atoms with van der Waals surface area (Å²) >= 11 is 6.31. The summed E-state index contributed by atoms with van der Waals surface area (Å²) in [6.45, 7) is 7.87. The summed E-state index contributed by atoms with van der Waals surface area (Å²) in [5.74, 6) is 2.65. The Labute approximate surface area is 218 Å². The van der Waals surface area contributed by atoms with Crippen LogP contribution in [0.5, 0.6) is 11.5 Å². The molecule has 0 aliphatic carbocycles. The number of hydrogen-bond acceptors (Lipinski definition) is 4. The molecule has 3 aromatic carbocycles. The Hall–Kier alpha value is -3.28. The first-order valence-electron chi connectivity index (χ1n) is 12.6. The van der Waals surface area contributed by atoms with E-state index in [2.05, 4.69) is 71.8 Å². The molecule has 0 saturated carbocycles. The maximum absolute atomic E-state index is 6.31. The maximum atomic E-state index is 6.31. The minimum atomic E-state index is 0.283. The van der Waals surface area contributed by atoms with Gasteiger partial charge in [-0.15, -0.1) is 0 Å². The number of unbranched alkanes of at least 4 members (excludes halogenated alkanes) is 1. The molecule has 0 N–H and O–H groups in total. The monoisotopic (exact) mass is 501 g/mol. The van der Waals surface area contributed by atoms with Gasteiger partial charge in [-0.1, -0.05) is 73.5 Å². The molecule has 0 unspecified atom stereocenters. The first-order valence-corrected chi connectivity index (χ1v) is 12.9. The average Bonchev–Trinajstić information content (AvgIpc) is 3.52. The number of rotatable bonds is 10. The van der Waals surface area contributed by atoms with Crippen LogP contribution in [0.3, 0.4) is 0 Å². The standard InChI is InChI=1S/C30H32ClN3O2/c1-3-4-14-34-26(17-32-30(34)25-8-6-5-7-9-25)20-33(18-23-10-12-27(31)22(2)15-23)19-24-11-13-28-29(16-24)36-21-35-28/h5-13,15-17H,3-4,14,18-21H2,1-2H3. The number of imidazole rings is 1. The second-order valence-electron chi connectivity index (χ2n) is 9.36. The van der Waals surface area contributed by atoms with Gasteiger partial charge in [-0.05, 0) is 48.2 Å². The second-order valence-corrected chi connectivity index (χ2v) is 9.77. The molecular weight excluding hydrogens is 470 g/mol. The van der Waals surface area contributed by atoms with Gasteiger partial charge in [0.2, 0.25) is 6.79 Å². The first kappa shape index (κ1) is 24.4. The van der Waals surface area contributed by atoms with Crippen LogP contribution in [0.25, 0.3) is 11.4 Å². The minimum Gasteiger partial charge on any atom is -0.454 e. The van der Waals surface area contributed by atoms with E-state index in [-0.39, 0.29) is 6.79 Å². The van der Waals surface area contributed by atoms with Crippen LogP contribution in [-0.4, -0.2) is 21.2 Å². The summed E-state index contributed by atoms with van der Waals surface area (Å²) in [6, 6.07) is 23.0. The van der Waals surface area contributed by atoms with Crippen LogP contribution in [0.2, 0.25) is 5.02 Å². The molecule has 1 aliphatic rings. The van der Waals surface area contributed by atoms with Gasteiger partial charge < -0.3 is 14.0 Å². The third kappa shape index (κ3) is 5.58. The molecule has 0 spiro atoms. The number of hydrogen-bond donors (Lipinski definition) is 0. The lowest BCUT2D eigenvalue weighted by Gasteiger charge is -2.24. The molecule has 1 aliphatic heterocycles. The van der Waals surface area contributed by atoms with Crippen molar-refractivity contribution in [3.8, 4) is 22.9 Å². The average molecular weight is 502 g/mol. The van der Waals surface area contributed by atoms with Crippen molar-refractivity contribution in [1.29, 1.82) is 0 Å². The summed E-state index contributed by atoms with van der Waals surface area (Å²) in [6.07, 6.45) is 4.29. The Kier molecular flexibility index (Phi) is 7.59. The molecule has 0 radical (unpaired) electrons. The summed E-state index contributed by atoms with van der Waals surface area (Å²) in [5.41, 5.74) is 5.88. The number of benzene rings is 3. The quantitative estimate of drug-likeness (QED) is 0.229. The number of aryl methyl sites for hydroxylation is 1. The third-order valence-corrected chi connectivity index (χ3v) is 6.99. The van der Waals surface area contributed by atoms with Crippen molar-refractivity contribution in [2.75, 3.05) is 6.79 Å². The fourth-order valence-electron chi connectivity index (χ4n) is 4.68. The molecule has 186 valence electrons. The predicted molar refractivity (Wildman–Crippen MR) is 144 cm³/mol. The summed E-state index contributed by atoms with van der Waals surface area (Å²) < 4.78 is 13.5. The van der Waals surface area contributed by atoms with Crippen LogP contribution in [0.1, 0.15) is 42.1 Å². The lowest BCUT2D eigenvalue weighted by molar-refractivity contribution is 0.174. The molecule has 0 atom stereocenters. The zero-order valence-electron chi connectivity index (χ0n) is 20.9. The molecule has 0 bridgehead atoms. The van der Waals surface area contributed by atoms with Crippen LogP contribution < -0.4 is 9.47 Å². The number of fused-ring (bicyclic) bond motifs is 1. The van der Waals surface area contributed by atoms with Crippen molar-refractivity contribution in [3.63, 3.8) is 0 Å². The largest absolute Gasteiger partial charge is 0.454 e. The Morgan fingerprint density at radius 1 is 0.917 bits per heavy atom. The van der Waals surface area contributed by atoms with Crippen molar-refractivity contribution >= 4 is 11.6 Å². The summed E-state index contributed by atoms with van der Waals surface area (Å²) in [5, 5.41) is 0.797. The van der Waals surface area contributed by atoms with Gasteiger partial charge >= 0.3 is 0 Å². The predicted octanol–water partition coefficient (Wildman–Crippen LogP) is 7.24. The molecule has 4 aromatic rings. The van der Waals surface area contributed by atoms with E-state index in [1.54, 1.807) is 0 Å². The highest BCUT2D eigenvalue weighted by molar-refractivity contribution is 6.31. The van der Waals surface area contributed by atoms with Crippen LogP contribution >= 0.6 is 11.6 Å². The summed E-state index contributed by atoms with van der Waals surface area (Å²) in [4.78, 5) is 7.31. The molecule has 6 heteroatoms. The topological polar surface area (TPSA) is 39.5 Å². The van der Waals surface area contributed by atoms with E-state index in [0.717, 1.165) is 72.5 Å². The van der Waals surface area contributed by atoms with Gasteiger partial charge in [-0.25, -0.2) is 4.98 Å². The van der Waals surface area contributed by atoms with Gasteiger partial charge in [0.25, 0.3) is 0 Å². The maximum Gasteiger partial charge on any atom is 0.231 e. The van der Waals surface area contributed by atoms with Crippen LogP contribution in [0, 0.1) is 6.92 Å². The lowest BCUT2D eigenvalue weighted by Crippen LogP contribution is -2.24. The van der Waals surface area contributed by atoms with Crippen LogP contribution in [0.4, 0.5) is 0 Å². The molecule has 1 aromatic heterocycles. The van der Waals surface area contributed by atoms with Gasteiger partial charge in [0.1, 0.15) is 5.82 Å². The fourth-order valence-corrected chi connectivity index (χ4v) is 4.80. The van der Waals surface area contributed by atoms with E-state index in [4.69, 9.17) is 26.1 Å². The number of nitrogens with zero attached hydrogens (tertiary/aromatic N) is 3. The Bertz CT molecular complexity index is 1320. The second kappa shape index (κ2) is 11.2. The summed E-state index contributed by atoms with van der Waals surface area (Å²) in [7, 11) is 0. The molecule has 0 saturated heterocycles. The molecular formula is C30H32ClN3O2. The van der Waals surface area contributed by atoms with Crippen molar-refractivity contribution in [2.24, 2.45) is 0 Å². The van der Waals surface area contributed by atoms with Crippen molar-refractivity contribution < 1.29 is 9.47 Å². The first-order chi connectivity index (χ1) is 17.6. The van der Waals surface area contributed by atoms with Crippen molar-refractivity contribution in [2.45, 2.75) is 52.9 Å². The highest BCUT2D eigenvalue weighted by atomic mass is 35.5. The van der Waals surface area contributed by atoms with E-state index >= 15 is 0 Å². The lowest BCUT2D eigenvalue weighted by atomic mass is 10.1. The van der Waals surface area contributed by atoms with Crippen LogP contribution in [0.15, 0.2) is 72.9 Å². The van der Waals surface area contributed by atoms with Gasteiger partial charge in [0, 0.05) is 36.8 Å². The number of ether oxygens (including phenoxy) is 2. The van der Waals surface area contributed by atoms with Gasteiger partial charge in [0.05, 0.1) is 11.9 Å². The van der Waals surface area contributed by atoms with E-state index in [0.29, 0.717) is 0 Å². The fraction of sp³-hybridized carbons (Fsp3) is 0.300. The Morgan fingerprint density at radius 3 is 2.44 bits per heavy atom. The molecule has 36 heavy (non-hydrogen) atoms. The van der Waals surface area contributed by atoms with Gasteiger partial charge in [-0.2, -0.15) is 0 Å². The molecule has 5 rings (SSSR count). The smallest absolute Gasteiger partial charge is 0.231 e. The van der Waals surface area contributed by atoms with Crippen LogP contribution in [-0.2, 0) is 26.2 Å². The number of halogens is 1. The highest BCUT2D eigenvalue weighted by Crippen LogP contribution is 2.33. The van der Waals surface area contributed by atoms with E-state index in [9.17, 15) is 0 Å². The molecule has 0 amide bonds. The molecule has 5 nitrogen and oxygen atoms in total. The van der Waals surface area contributed by atoms with E-state index in [1.807, 2.05) is 24.4 Å². The molecule has 0 fully saturated rings.